The van der Waals surface area contributed by atoms with Crippen LogP contribution in [-0.4, -0.2) is 9.97 Å². The third kappa shape index (κ3) is 2.85. The first kappa shape index (κ1) is 13.8. The molecule has 0 radical (unpaired) electrons. The quantitative estimate of drug-likeness (QED) is 0.888. The highest BCUT2D eigenvalue weighted by Gasteiger charge is 2.24. The molecule has 0 amide bonds. The molecule has 1 aromatic heterocycles. The van der Waals surface area contributed by atoms with E-state index in [1.54, 1.807) is 0 Å². The molecule has 1 aromatic rings. The minimum Gasteiger partial charge on any atom is -0.383 e. The summed E-state index contributed by atoms with van der Waals surface area (Å²) < 4.78 is 0.866. The van der Waals surface area contributed by atoms with Crippen LogP contribution < -0.4 is 5.73 Å². The van der Waals surface area contributed by atoms with Crippen molar-refractivity contribution in [3.63, 3.8) is 0 Å². The van der Waals surface area contributed by atoms with E-state index >= 15 is 0 Å². The summed E-state index contributed by atoms with van der Waals surface area (Å²) in [4.78, 5) is 9.23. The number of anilines is 1. The first-order chi connectivity index (χ1) is 8.49. The van der Waals surface area contributed by atoms with E-state index < -0.39 is 0 Å². The molecule has 1 heterocycles. The highest BCUT2D eigenvalue weighted by molar-refractivity contribution is 9.10. The van der Waals surface area contributed by atoms with Gasteiger partial charge in [-0.15, -0.1) is 0 Å². The van der Waals surface area contributed by atoms with Crippen LogP contribution in [0, 0.1) is 5.92 Å². The van der Waals surface area contributed by atoms with Gasteiger partial charge >= 0.3 is 0 Å². The number of hydrogen-bond donors (Lipinski definition) is 1. The van der Waals surface area contributed by atoms with Crippen molar-refractivity contribution in [2.75, 3.05) is 5.73 Å². The number of rotatable bonds is 2. The number of nitrogens with zero attached hydrogens (tertiary/aromatic N) is 2. The lowest BCUT2D eigenvalue weighted by atomic mass is 9.82. The molecule has 18 heavy (non-hydrogen) atoms. The molecule has 0 unspecified atom stereocenters. The first-order valence-electron chi connectivity index (χ1n) is 6.81. The fourth-order valence-corrected chi connectivity index (χ4v) is 3.22. The number of nitrogens with two attached hydrogens (primary N) is 1. The molecule has 0 bridgehead atoms. The second kappa shape index (κ2) is 5.55. The van der Waals surface area contributed by atoms with Crippen LogP contribution in [0.15, 0.2) is 4.47 Å². The van der Waals surface area contributed by atoms with E-state index in [4.69, 9.17) is 10.7 Å². The third-order valence-corrected chi connectivity index (χ3v) is 4.66. The molecule has 0 spiro atoms. The maximum atomic E-state index is 6.00. The van der Waals surface area contributed by atoms with Crippen molar-refractivity contribution in [3.05, 3.63) is 16.0 Å². The van der Waals surface area contributed by atoms with Gasteiger partial charge in [-0.25, -0.2) is 9.97 Å². The van der Waals surface area contributed by atoms with Gasteiger partial charge in [-0.05, 0) is 40.6 Å². The molecule has 0 atom stereocenters. The largest absolute Gasteiger partial charge is 0.383 e. The predicted molar refractivity (Wildman–Crippen MR) is 78.6 cm³/mol. The predicted octanol–water partition coefficient (Wildman–Crippen LogP) is 4.24. The van der Waals surface area contributed by atoms with Gasteiger partial charge in [0.2, 0.25) is 0 Å². The Morgan fingerprint density at radius 1 is 1.17 bits per heavy atom. The van der Waals surface area contributed by atoms with Gasteiger partial charge in [0.25, 0.3) is 0 Å². The lowest BCUT2D eigenvalue weighted by Gasteiger charge is -2.26. The Labute approximate surface area is 118 Å². The fourth-order valence-electron chi connectivity index (χ4n) is 2.58. The normalized spacial score (nSPS) is 24.5. The van der Waals surface area contributed by atoms with Gasteiger partial charge in [0.1, 0.15) is 11.6 Å². The minimum absolute atomic E-state index is 0.367. The molecule has 1 saturated carbocycles. The lowest BCUT2D eigenvalue weighted by molar-refractivity contribution is 0.339. The van der Waals surface area contributed by atoms with Gasteiger partial charge in [0.05, 0.1) is 10.2 Å². The number of hydrogen-bond acceptors (Lipinski definition) is 3. The van der Waals surface area contributed by atoms with Gasteiger partial charge in [-0.3, -0.25) is 0 Å². The van der Waals surface area contributed by atoms with Crippen molar-refractivity contribution in [2.24, 2.45) is 5.92 Å². The third-order valence-electron chi connectivity index (χ3n) is 3.85. The number of aromatic nitrogens is 2. The summed E-state index contributed by atoms with van der Waals surface area (Å²) in [6.07, 6.45) is 4.95. The molecule has 4 heteroatoms. The molecule has 0 saturated heterocycles. The van der Waals surface area contributed by atoms with Crippen molar-refractivity contribution >= 4 is 21.7 Å². The maximum Gasteiger partial charge on any atom is 0.141 e. The smallest absolute Gasteiger partial charge is 0.141 e. The zero-order chi connectivity index (χ0) is 13.3. The second-order valence-electron chi connectivity index (χ2n) is 5.78. The monoisotopic (exact) mass is 311 g/mol. The Balaban J connectivity index is 2.28. The Hall–Kier alpha value is -0.640. The van der Waals surface area contributed by atoms with Crippen LogP contribution >= 0.6 is 15.9 Å². The van der Waals surface area contributed by atoms with E-state index in [1.807, 2.05) is 0 Å². The average molecular weight is 312 g/mol. The molecular weight excluding hydrogens is 290 g/mol. The minimum atomic E-state index is 0.367. The van der Waals surface area contributed by atoms with Crippen LogP contribution in [0.5, 0.6) is 0 Å². The Morgan fingerprint density at radius 3 is 2.33 bits per heavy atom. The van der Waals surface area contributed by atoms with Crippen molar-refractivity contribution in [2.45, 2.75) is 58.3 Å². The van der Waals surface area contributed by atoms with Crippen LogP contribution in [0.1, 0.15) is 69.8 Å². The Kier molecular flexibility index (Phi) is 4.25. The zero-order valence-electron chi connectivity index (χ0n) is 11.4. The van der Waals surface area contributed by atoms with Gasteiger partial charge in [0, 0.05) is 5.92 Å². The summed E-state index contributed by atoms with van der Waals surface area (Å²) in [5, 5.41) is 0. The SMILES string of the molecule is CC1CCC(c2nc(N)c(Br)c(C(C)C)n2)CC1. The second-order valence-corrected chi connectivity index (χ2v) is 6.57. The molecule has 1 aliphatic carbocycles. The summed E-state index contributed by atoms with van der Waals surface area (Å²) in [7, 11) is 0. The Bertz CT molecular complexity index is 423. The number of halogens is 1. The van der Waals surface area contributed by atoms with Crippen LogP contribution in [-0.2, 0) is 0 Å². The van der Waals surface area contributed by atoms with Gasteiger partial charge in [0.15, 0.2) is 0 Å². The fraction of sp³-hybridized carbons (Fsp3) is 0.714. The summed E-state index contributed by atoms with van der Waals surface area (Å²) in [6, 6.07) is 0. The maximum absolute atomic E-state index is 6.00. The standard InChI is InChI=1S/C14H22BrN3/c1-8(2)12-11(15)13(16)18-14(17-12)10-6-4-9(3)5-7-10/h8-10H,4-7H2,1-3H3,(H2,16,17,18). The first-order valence-corrected chi connectivity index (χ1v) is 7.61. The summed E-state index contributed by atoms with van der Waals surface area (Å²) in [5.74, 6) is 3.24. The van der Waals surface area contributed by atoms with E-state index in [0.29, 0.717) is 17.7 Å². The van der Waals surface area contributed by atoms with Crippen molar-refractivity contribution in [3.8, 4) is 0 Å². The lowest BCUT2D eigenvalue weighted by Crippen LogP contribution is -2.16. The van der Waals surface area contributed by atoms with Crippen molar-refractivity contribution < 1.29 is 0 Å². The molecule has 1 fully saturated rings. The summed E-state index contributed by atoms with van der Waals surface area (Å²) in [6.45, 7) is 6.60. The molecule has 100 valence electrons. The molecule has 2 N–H and O–H groups in total. The van der Waals surface area contributed by atoms with E-state index in [-0.39, 0.29) is 0 Å². The highest BCUT2D eigenvalue weighted by Crippen LogP contribution is 2.36. The van der Waals surface area contributed by atoms with Gasteiger partial charge in [-0.2, -0.15) is 0 Å². The average Bonchev–Trinajstić information content (AvgIpc) is 2.33. The molecule has 2 rings (SSSR count). The van der Waals surface area contributed by atoms with E-state index in [9.17, 15) is 0 Å². The number of nitrogen functional groups attached to an aromatic ring is 1. The molecular formula is C14H22BrN3. The van der Waals surface area contributed by atoms with Gasteiger partial charge in [-0.1, -0.05) is 33.6 Å². The highest BCUT2D eigenvalue weighted by atomic mass is 79.9. The van der Waals surface area contributed by atoms with Crippen LogP contribution in [0.3, 0.4) is 0 Å². The van der Waals surface area contributed by atoms with Crippen molar-refractivity contribution in [1.29, 1.82) is 0 Å². The molecule has 3 nitrogen and oxygen atoms in total. The molecule has 1 aliphatic rings. The molecule has 0 aromatic carbocycles. The van der Waals surface area contributed by atoms with Gasteiger partial charge < -0.3 is 5.73 Å². The van der Waals surface area contributed by atoms with Crippen LogP contribution in [0.4, 0.5) is 5.82 Å². The van der Waals surface area contributed by atoms with E-state index in [0.717, 1.165) is 21.9 Å². The van der Waals surface area contributed by atoms with Crippen LogP contribution in [0.2, 0.25) is 0 Å². The Morgan fingerprint density at radius 2 is 1.78 bits per heavy atom. The van der Waals surface area contributed by atoms with Crippen LogP contribution in [0.25, 0.3) is 0 Å². The molecule has 0 aliphatic heterocycles. The summed E-state index contributed by atoms with van der Waals surface area (Å²) >= 11 is 3.50. The zero-order valence-corrected chi connectivity index (χ0v) is 13.0. The topological polar surface area (TPSA) is 51.8 Å². The van der Waals surface area contributed by atoms with E-state index in [2.05, 4.69) is 41.7 Å². The van der Waals surface area contributed by atoms with Crippen molar-refractivity contribution in [1.82, 2.24) is 9.97 Å². The summed E-state index contributed by atoms with van der Waals surface area (Å²) in [5.41, 5.74) is 7.03. The van der Waals surface area contributed by atoms with E-state index in [1.165, 1.54) is 25.7 Å².